The van der Waals surface area contributed by atoms with Crippen LogP contribution in [0.2, 0.25) is 0 Å². The molecule has 0 aliphatic rings. The number of alkyl halides is 2. The lowest BCUT2D eigenvalue weighted by Crippen LogP contribution is -2.25. The Labute approximate surface area is 132 Å². The first-order valence-corrected chi connectivity index (χ1v) is 6.77. The Bertz CT molecular complexity index is 691. The van der Waals surface area contributed by atoms with Crippen LogP contribution < -0.4 is 15.5 Å². The average Bonchev–Trinajstić information content (AvgIpc) is 2.53. The molecule has 0 aliphatic heterocycles. The summed E-state index contributed by atoms with van der Waals surface area (Å²) in [5.41, 5.74) is 3.62. The first-order chi connectivity index (χ1) is 11.1. The number of halogens is 2. The van der Waals surface area contributed by atoms with E-state index in [1.807, 2.05) is 6.07 Å². The SMILES string of the molecule is C/C(=N/NC(=O)Nc1ccccc1)c1ccccc1OC(F)F. The number of amides is 2. The Morgan fingerprint density at radius 1 is 1.09 bits per heavy atom. The van der Waals surface area contributed by atoms with Crippen molar-refractivity contribution in [2.24, 2.45) is 5.10 Å². The van der Waals surface area contributed by atoms with Gasteiger partial charge in [-0.05, 0) is 31.2 Å². The van der Waals surface area contributed by atoms with Gasteiger partial charge in [-0.25, -0.2) is 10.2 Å². The first-order valence-electron chi connectivity index (χ1n) is 6.77. The topological polar surface area (TPSA) is 62.7 Å². The number of hydrogen-bond acceptors (Lipinski definition) is 3. The lowest BCUT2D eigenvalue weighted by atomic mass is 10.1. The normalized spacial score (nSPS) is 11.2. The number of rotatable bonds is 5. The van der Waals surface area contributed by atoms with E-state index in [1.54, 1.807) is 49.4 Å². The zero-order valence-corrected chi connectivity index (χ0v) is 12.3. The van der Waals surface area contributed by atoms with Crippen LogP contribution in [0.15, 0.2) is 59.7 Å². The number of nitrogens with one attached hydrogen (secondary N) is 2. The smallest absolute Gasteiger partial charge is 0.387 e. The average molecular weight is 319 g/mol. The van der Waals surface area contributed by atoms with Crippen molar-refractivity contribution >= 4 is 17.4 Å². The summed E-state index contributed by atoms with van der Waals surface area (Å²) in [4.78, 5) is 11.7. The molecule has 2 N–H and O–H groups in total. The maximum atomic E-state index is 12.4. The van der Waals surface area contributed by atoms with Gasteiger partial charge in [0, 0.05) is 11.3 Å². The van der Waals surface area contributed by atoms with Crippen LogP contribution in [0.1, 0.15) is 12.5 Å². The zero-order valence-electron chi connectivity index (χ0n) is 12.3. The van der Waals surface area contributed by atoms with Gasteiger partial charge in [0.25, 0.3) is 0 Å². The molecule has 0 saturated carbocycles. The van der Waals surface area contributed by atoms with Gasteiger partial charge >= 0.3 is 12.6 Å². The van der Waals surface area contributed by atoms with Crippen LogP contribution in [0.5, 0.6) is 5.75 Å². The molecular formula is C16H15F2N3O2. The molecule has 7 heteroatoms. The predicted molar refractivity (Wildman–Crippen MR) is 83.9 cm³/mol. The Kier molecular flexibility index (Phi) is 5.62. The lowest BCUT2D eigenvalue weighted by Gasteiger charge is -2.10. The van der Waals surface area contributed by atoms with E-state index in [0.29, 0.717) is 17.0 Å². The molecule has 0 aromatic heterocycles. The number of urea groups is 1. The number of nitrogens with zero attached hydrogens (tertiary/aromatic N) is 1. The Balaban J connectivity index is 2.04. The molecule has 120 valence electrons. The largest absolute Gasteiger partial charge is 0.434 e. The molecule has 5 nitrogen and oxygen atoms in total. The minimum atomic E-state index is -2.93. The molecule has 23 heavy (non-hydrogen) atoms. The van der Waals surface area contributed by atoms with E-state index in [0.717, 1.165) is 0 Å². The van der Waals surface area contributed by atoms with Crippen molar-refractivity contribution in [3.63, 3.8) is 0 Å². The summed E-state index contributed by atoms with van der Waals surface area (Å²) in [6.07, 6.45) is 0. The Morgan fingerprint density at radius 2 is 1.74 bits per heavy atom. The molecule has 2 aromatic rings. The molecular weight excluding hydrogens is 304 g/mol. The molecule has 0 radical (unpaired) electrons. The second kappa shape index (κ2) is 7.88. The van der Waals surface area contributed by atoms with Crippen LogP contribution >= 0.6 is 0 Å². The van der Waals surface area contributed by atoms with Gasteiger partial charge in [-0.1, -0.05) is 30.3 Å². The summed E-state index contributed by atoms with van der Waals surface area (Å²) in [6.45, 7) is -1.35. The van der Waals surface area contributed by atoms with E-state index < -0.39 is 12.6 Å². The third kappa shape index (κ3) is 5.06. The highest BCUT2D eigenvalue weighted by Gasteiger charge is 2.11. The maximum Gasteiger partial charge on any atom is 0.387 e. The molecule has 0 fully saturated rings. The first kappa shape index (κ1) is 16.4. The summed E-state index contributed by atoms with van der Waals surface area (Å²) in [5.74, 6) is -0.00554. The van der Waals surface area contributed by atoms with Gasteiger partial charge in [0.05, 0.1) is 5.71 Å². The minimum Gasteiger partial charge on any atom is -0.434 e. The maximum absolute atomic E-state index is 12.4. The number of carbonyl (C=O) groups is 1. The summed E-state index contributed by atoms with van der Waals surface area (Å²) >= 11 is 0. The van der Waals surface area contributed by atoms with Crippen LogP contribution in [0.4, 0.5) is 19.3 Å². The Hall–Kier alpha value is -2.96. The fourth-order valence-corrected chi connectivity index (χ4v) is 1.84. The second-order valence-electron chi connectivity index (χ2n) is 4.50. The number of para-hydroxylation sites is 2. The van der Waals surface area contributed by atoms with Crippen molar-refractivity contribution in [3.05, 3.63) is 60.2 Å². The molecule has 0 saturated heterocycles. The minimum absolute atomic E-state index is 0.00554. The highest BCUT2D eigenvalue weighted by molar-refractivity contribution is 6.02. The van der Waals surface area contributed by atoms with Gasteiger partial charge in [0.15, 0.2) is 0 Å². The van der Waals surface area contributed by atoms with Crippen molar-refractivity contribution in [3.8, 4) is 5.75 Å². The fourth-order valence-electron chi connectivity index (χ4n) is 1.84. The summed E-state index contributed by atoms with van der Waals surface area (Å²) in [6, 6.07) is 14.5. The van der Waals surface area contributed by atoms with Gasteiger partial charge in [-0.15, -0.1) is 0 Å². The van der Waals surface area contributed by atoms with Gasteiger partial charge < -0.3 is 10.1 Å². The van der Waals surface area contributed by atoms with Gasteiger partial charge in [-0.2, -0.15) is 13.9 Å². The van der Waals surface area contributed by atoms with Gasteiger partial charge in [0.2, 0.25) is 0 Å². The molecule has 2 rings (SSSR count). The van der Waals surface area contributed by atoms with Crippen molar-refractivity contribution in [2.45, 2.75) is 13.5 Å². The standard InChI is InChI=1S/C16H15F2N3O2/c1-11(13-9-5-6-10-14(13)23-15(17)18)20-21-16(22)19-12-7-3-2-4-8-12/h2-10,15H,1H3,(H2,19,21,22)/b20-11-. The predicted octanol–water partition coefficient (Wildman–Crippen LogP) is 3.83. The third-order valence-corrected chi connectivity index (χ3v) is 2.85. The number of anilines is 1. The van der Waals surface area contributed by atoms with Crippen molar-refractivity contribution < 1.29 is 18.3 Å². The highest BCUT2D eigenvalue weighted by Crippen LogP contribution is 2.20. The molecule has 0 unspecified atom stereocenters. The van der Waals surface area contributed by atoms with E-state index in [1.165, 1.54) is 6.07 Å². The van der Waals surface area contributed by atoms with E-state index >= 15 is 0 Å². The number of carbonyl (C=O) groups excluding carboxylic acids is 1. The fraction of sp³-hybridized carbons (Fsp3) is 0.125. The highest BCUT2D eigenvalue weighted by atomic mass is 19.3. The van der Waals surface area contributed by atoms with Gasteiger partial charge in [0.1, 0.15) is 5.75 Å². The molecule has 0 atom stereocenters. The summed E-state index contributed by atoms with van der Waals surface area (Å²) in [7, 11) is 0. The third-order valence-electron chi connectivity index (χ3n) is 2.85. The van der Waals surface area contributed by atoms with Gasteiger partial charge in [-0.3, -0.25) is 0 Å². The van der Waals surface area contributed by atoms with Crippen molar-refractivity contribution in [1.82, 2.24) is 5.43 Å². The summed E-state index contributed by atoms with van der Waals surface area (Å²) in [5, 5.41) is 6.48. The van der Waals surface area contributed by atoms with Crippen LogP contribution in [0, 0.1) is 0 Å². The monoisotopic (exact) mass is 319 g/mol. The number of hydrogen-bond donors (Lipinski definition) is 2. The molecule has 2 amide bonds. The lowest BCUT2D eigenvalue weighted by molar-refractivity contribution is -0.0499. The molecule has 2 aromatic carbocycles. The van der Waals surface area contributed by atoms with Crippen LogP contribution in [-0.2, 0) is 0 Å². The molecule has 0 spiro atoms. The van der Waals surface area contributed by atoms with Crippen LogP contribution in [0.3, 0.4) is 0 Å². The Morgan fingerprint density at radius 3 is 2.43 bits per heavy atom. The number of benzene rings is 2. The van der Waals surface area contributed by atoms with Crippen molar-refractivity contribution in [2.75, 3.05) is 5.32 Å². The summed E-state index contributed by atoms with van der Waals surface area (Å²) < 4.78 is 29.2. The molecule has 0 aliphatic carbocycles. The van der Waals surface area contributed by atoms with E-state index in [2.05, 4.69) is 20.6 Å². The van der Waals surface area contributed by atoms with E-state index in [-0.39, 0.29) is 5.75 Å². The second-order valence-corrected chi connectivity index (χ2v) is 4.50. The van der Waals surface area contributed by atoms with E-state index in [4.69, 9.17) is 0 Å². The number of hydrazone groups is 1. The quantitative estimate of drug-likeness (QED) is 0.650. The van der Waals surface area contributed by atoms with E-state index in [9.17, 15) is 13.6 Å². The zero-order chi connectivity index (χ0) is 16.7. The van der Waals surface area contributed by atoms with Crippen molar-refractivity contribution in [1.29, 1.82) is 0 Å². The molecule has 0 bridgehead atoms. The van der Waals surface area contributed by atoms with Crippen LogP contribution in [-0.4, -0.2) is 18.4 Å². The number of ether oxygens (including phenoxy) is 1. The van der Waals surface area contributed by atoms with Crippen LogP contribution in [0.25, 0.3) is 0 Å². The molecule has 0 heterocycles.